The maximum absolute atomic E-state index is 2.16. The maximum Gasteiger partial charge on any atom is -0.0142 e. The van der Waals surface area contributed by atoms with Gasteiger partial charge in [0.1, 0.15) is 0 Å². The minimum absolute atomic E-state index is 1.10. The van der Waals surface area contributed by atoms with Crippen LogP contribution in [-0.4, -0.2) is 0 Å². The zero-order valence-corrected chi connectivity index (χ0v) is 5.94. The zero-order valence-electron chi connectivity index (χ0n) is 5.94. The van der Waals surface area contributed by atoms with Gasteiger partial charge in [-0.15, -0.1) is 0 Å². The molecule has 0 unspecified atom stereocenters. The molecule has 46 valence electrons. The molecule has 0 aliphatic rings. The Balaban J connectivity index is 3.40. The highest BCUT2D eigenvalue weighted by Gasteiger charge is 1.77. The van der Waals surface area contributed by atoms with Crippen molar-refractivity contribution in [2.45, 2.75) is 27.2 Å². The minimum Gasteiger partial charge on any atom is -0.0913 e. The molecule has 0 bridgehead atoms. The lowest BCUT2D eigenvalue weighted by Gasteiger charge is -1.88. The highest BCUT2D eigenvalue weighted by atomic mass is 13.8. The molecular weight excluding hydrogens is 96.1 g/mol. The summed E-state index contributed by atoms with van der Waals surface area (Å²) in [6.45, 7) is 6.25. The van der Waals surface area contributed by atoms with Crippen LogP contribution in [0.1, 0.15) is 27.2 Å². The van der Waals surface area contributed by atoms with E-state index in [0.29, 0.717) is 0 Å². The Morgan fingerprint density at radius 2 is 2.00 bits per heavy atom. The van der Waals surface area contributed by atoms with Crippen LogP contribution in [-0.2, 0) is 0 Å². The van der Waals surface area contributed by atoms with E-state index < -0.39 is 0 Å². The van der Waals surface area contributed by atoms with Crippen LogP contribution in [0.25, 0.3) is 0 Å². The molecule has 0 nitrogen and oxygen atoms in total. The van der Waals surface area contributed by atoms with Gasteiger partial charge in [0.2, 0.25) is 0 Å². The van der Waals surface area contributed by atoms with Crippen molar-refractivity contribution in [3.63, 3.8) is 0 Å². The molecule has 0 aromatic heterocycles. The van der Waals surface area contributed by atoms with Crippen LogP contribution in [0.4, 0.5) is 0 Å². The van der Waals surface area contributed by atoms with E-state index in [9.17, 15) is 0 Å². The fourth-order valence-corrected chi connectivity index (χ4v) is 0.422. The molecule has 0 N–H and O–H groups in total. The molecule has 0 saturated carbocycles. The van der Waals surface area contributed by atoms with E-state index in [-0.39, 0.29) is 0 Å². The third kappa shape index (κ3) is 3.66. The molecule has 0 aromatic carbocycles. The summed E-state index contributed by atoms with van der Waals surface area (Å²) in [5.41, 5.74) is 1.43. The molecule has 0 saturated heterocycles. The van der Waals surface area contributed by atoms with E-state index in [1.54, 1.807) is 0 Å². The van der Waals surface area contributed by atoms with Gasteiger partial charge in [0, 0.05) is 0 Å². The first-order valence-corrected chi connectivity index (χ1v) is 3.04. The molecule has 8 heavy (non-hydrogen) atoms. The Morgan fingerprint density at radius 1 is 1.38 bits per heavy atom. The van der Waals surface area contributed by atoms with E-state index in [1.165, 1.54) is 5.57 Å². The predicted octanol–water partition coefficient (Wildman–Crippen LogP) is 2.92. The van der Waals surface area contributed by atoms with Crippen molar-refractivity contribution in [2.24, 2.45) is 0 Å². The van der Waals surface area contributed by atoms with Crippen LogP contribution in [0, 0.1) is 0 Å². The molecule has 0 heterocycles. The van der Waals surface area contributed by atoms with Crippen molar-refractivity contribution >= 4 is 0 Å². The van der Waals surface area contributed by atoms with Crippen molar-refractivity contribution in [2.75, 3.05) is 0 Å². The van der Waals surface area contributed by atoms with E-state index in [0.717, 1.165) is 6.42 Å². The van der Waals surface area contributed by atoms with Gasteiger partial charge in [-0.1, -0.05) is 23.8 Å². The second kappa shape index (κ2) is 4.63. The number of allylic oxidation sites excluding steroid dienone is 4. The summed E-state index contributed by atoms with van der Waals surface area (Å²) in [5.74, 6) is 0. The molecule has 0 aliphatic heterocycles. The van der Waals surface area contributed by atoms with Crippen LogP contribution in [0.3, 0.4) is 0 Å². The van der Waals surface area contributed by atoms with Gasteiger partial charge >= 0.3 is 0 Å². The zero-order chi connectivity index (χ0) is 6.41. The SMILES string of the molecule is C/C=C\C/C(C)=C/C. The van der Waals surface area contributed by atoms with E-state index in [4.69, 9.17) is 0 Å². The van der Waals surface area contributed by atoms with Gasteiger partial charge in [-0.05, 0) is 27.2 Å². The van der Waals surface area contributed by atoms with Crippen molar-refractivity contribution in [1.29, 1.82) is 0 Å². The number of hydrogen-bond acceptors (Lipinski definition) is 0. The largest absolute Gasteiger partial charge is 0.0913 e. The van der Waals surface area contributed by atoms with E-state index in [1.807, 2.05) is 6.92 Å². The molecule has 0 atom stereocenters. The quantitative estimate of drug-likeness (QED) is 0.479. The molecule has 0 aromatic rings. The van der Waals surface area contributed by atoms with Crippen LogP contribution in [0.15, 0.2) is 23.8 Å². The van der Waals surface area contributed by atoms with Crippen LogP contribution in [0.5, 0.6) is 0 Å². The second-order valence-electron chi connectivity index (χ2n) is 1.91. The summed E-state index contributed by atoms with van der Waals surface area (Å²) < 4.78 is 0. The lowest BCUT2D eigenvalue weighted by molar-refractivity contribution is 1.19. The minimum atomic E-state index is 1.10. The van der Waals surface area contributed by atoms with Crippen molar-refractivity contribution < 1.29 is 0 Å². The van der Waals surface area contributed by atoms with E-state index in [2.05, 4.69) is 32.1 Å². The Morgan fingerprint density at radius 3 is 2.38 bits per heavy atom. The lowest BCUT2D eigenvalue weighted by Crippen LogP contribution is -1.67. The summed E-state index contributed by atoms with van der Waals surface area (Å²) in [4.78, 5) is 0. The number of hydrogen-bond donors (Lipinski definition) is 0. The fraction of sp³-hybridized carbons (Fsp3) is 0.500. The average Bonchev–Trinajstić information content (AvgIpc) is 1.83. The first-order valence-electron chi connectivity index (χ1n) is 3.04. The molecular formula is C8H14. The molecule has 0 aliphatic carbocycles. The summed E-state index contributed by atoms with van der Waals surface area (Å²) in [5, 5.41) is 0. The molecule has 0 rings (SSSR count). The van der Waals surface area contributed by atoms with E-state index >= 15 is 0 Å². The average molecular weight is 110 g/mol. The normalized spacial score (nSPS) is 13.1. The Labute approximate surface area is 51.9 Å². The summed E-state index contributed by atoms with van der Waals surface area (Å²) in [6, 6.07) is 0. The maximum atomic E-state index is 2.16. The number of rotatable bonds is 2. The molecule has 0 spiro atoms. The monoisotopic (exact) mass is 110 g/mol. The molecule has 0 amide bonds. The van der Waals surface area contributed by atoms with Crippen molar-refractivity contribution in [1.82, 2.24) is 0 Å². The topological polar surface area (TPSA) is 0 Å². The third-order valence-corrected chi connectivity index (χ3v) is 1.17. The smallest absolute Gasteiger partial charge is 0.0142 e. The van der Waals surface area contributed by atoms with Gasteiger partial charge < -0.3 is 0 Å². The second-order valence-corrected chi connectivity index (χ2v) is 1.91. The fourth-order valence-electron chi connectivity index (χ4n) is 0.422. The van der Waals surface area contributed by atoms with Crippen LogP contribution in [0.2, 0.25) is 0 Å². The molecule has 0 radical (unpaired) electrons. The Kier molecular flexibility index (Phi) is 4.33. The van der Waals surface area contributed by atoms with Gasteiger partial charge in [-0.25, -0.2) is 0 Å². The van der Waals surface area contributed by atoms with Crippen LogP contribution < -0.4 is 0 Å². The summed E-state index contributed by atoms with van der Waals surface area (Å²) in [6.07, 6.45) is 7.48. The molecule has 0 heteroatoms. The Hall–Kier alpha value is -0.520. The van der Waals surface area contributed by atoms with Gasteiger partial charge in [-0.3, -0.25) is 0 Å². The van der Waals surface area contributed by atoms with Gasteiger partial charge in [0.25, 0.3) is 0 Å². The van der Waals surface area contributed by atoms with Crippen molar-refractivity contribution in [3.8, 4) is 0 Å². The predicted molar refractivity (Wildman–Crippen MR) is 38.9 cm³/mol. The van der Waals surface area contributed by atoms with Gasteiger partial charge in [-0.2, -0.15) is 0 Å². The highest BCUT2D eigenvalue weighted by Crippen LogP contribution is 1.98. The first kappa shape index (κ1) is 7.48. The highest BCUT2D eigenvalue weighted by molar-refractivity contribution is 5.01. The summed E-state index contributed by atoms with van der Waals surface area (Å²) in [7, 11) is 0. The standard InChI is InChI=1S/C8H14/c1-4-6-7-8(3)5-2/h4-6H,7H2,1-3H3/b6-4-,8-5+. The third-order valence-electron chi connectivity index (χ3n) is 1.17. The van der Waals surface area contributed by atoms with Crippen molar-refractivity contribution in [3.05, 3.63) is 23.8 Å². The van der Waals surface area contributed by atoms with Gasteiger partial charge in [0.05, 0.1) is 0 Å². The van der Waals surface area contributed by atoms with Crippen LogP contribution >= 0.6 is 0 Å². The Bertz CT molecular complexity index is 96.6. The van der Waals surface area contributed by atoms with Gasteiger partial charge in [0.15, 0.2) is 0 Å². The first-order chi connectivity index (χ1) is 3.81. The lowest BCUT2D eigenvalue weighted by atomic mass is 10.2. The summed E-state index contributed by atoms with van der Waals surface area (Å²) >= 11 is 0. The molecule has 0 fully saturated rings.